The SMILES string of the molecule is CN(C(=O)CCNS(=O)(=O)c1ccc2c(c1)OCCCO2)C1CCNC1. The Balaban J connectivity index is 1.57. The highest BCUT2D eigenvalue weighted by Crippen LogP contribution is 2.31. The zero-order chi connectivity index (χ0) is 18.6. The van der Waals surface area contributed by atoms with Crippen LogP contribution < -0.4 is 19.5 Å². The van der Waals surface area contributed by atoms with Crippen LogP contribution in [0.15, 0.2) is 23.1 Å². The maximum absolute atomic E-state index is 12.5. The summed E-state index contributed by atoms with van der Waals surface area (Å²) in [7, 11) is -1.95. The van der Waals surface area contributed by atoms with Gasteiger partial charge in [-0.05, 0) is 25.1 Å². The van der Waals surface area contributed by atoms with E-state index in [1.807, 2.05) is 0 Å². The molecule has 144 valence electrons. The quantitative estimate of drug-likeness (QED) is 0.735. The van der Waals surface area contributed by atoms with Gasteiger partial charge in [-0.3, -0.25) is 4.79 Å². The molecule has 2 heterocycles. The summed E-state index contributed by atoms with van der Waals surface area (Å²) >= 11 is 0. The molecule has 0 spiro atoms. The van der Waals surface area contributed by atoms with Crippen LogP contribution in [0.4, 0.5) is 0 Å². The van der Waals surface area contributed by atoms with Crippen LogP contribution in [0.3, 0.4) is 0 Å². The first-order valence-corrected chi connectivity index (χ1v) is 10.3. The zero-order valence-corrected chi connectivity index (χ0v) is 15.7. The van der Waals surface area contributed by atoms with Crippen LogP contribution in [0.2, 0.25) is 0 Å². The van der Waals surface area contributed by atoms with Gasteiger partial charge in [0.25, 0.3) is 0 Å². The normalized spacial score (nSPS) is 19.8. The number of carbonyl (C=O) groups is 1. The molecule has 8 nitrogen and oxygen atoms in total. The van der Waals surface area contributed by atoms with Crippen LogP contribution in [-0.2, 0) is 14.8 Å². The van der Waals surface area contributed by atoms with Gasteiger partial charge in [-0.1, -0.05) is 0 Å². The van der Waals surface area contributed by atoms with Crippen LogP contribution in [0, 0.1) is 0 Å². The minimum Gasteiger partial charge on any atom is -0.490 e. The Morgan fingerprint density at radius 3 is 2.81 bits per heavy atom. The number of likely N-dealkylation sites (N-methyl/N-ethyl adjacent to an activating group) is 1. The molecule has 1 aromatic rings. The summed E-state index contributed by atoms with van der Waals surface area (Å²) < 4.78 is 38.5. The van der Waals surface area contributed by atoms with E-state index in [1.165, 1.54) is 12.1 Å². The van der Waals surface area contributed by atoms with Crippen molar-refractivity contribution in [2.24, 2.45) is 0 Å². The van der Waals surface area contributed by atoms with Crippen LogP contribution in [0.25, 0.3) is 0 Å². The number of hydrogen-bond acceptors (Lipinski definition) is 6. The van der Waals surface area contributed by atoms with Crippen molar-refractivity contribution < 1.29 is 22.7 Å². The average Bonchev–Trinajstić information content (AvgIpc) is 3.05. The van der Waals surface area contributed by atoms with Crippen LogP contribution in [0.1, 0.15) is 19.3 Å². The number of ether oxygens (including phenoxy) is 2. The maximum Gasteiger partial charge on any atom is 0.240 e. The molecule has 0 aromatic heterocycles. The lowest BCUT2D eigenvalue weighted by Gasteiger charge is -2.23. The number of rotatable bonds is 6. The molecule has 2 aliphatic rings. The fourth-order valence-corrected chi connectivity index (χ4v) is 4.08. The summed E-state index contributed by atoms with van der Waals surface area (Å²) in [6, 6.07) is 4.72. The van der Waals surface area contributed by atoms with Gasteiger partial charge in [-0.2, -0.15) is 0 Å². The van der Waals surface area contributed by atoms with E-state index >= 15 is 0 Å². The van der Waals surface area contributed by atoms with E-state index in [2.05, 4.69) is 10.0 Å². The second-order valence-electron chi connectivity index (χ2n) is 6.46. The van der Waals surface area contributed by atoms with E-state index in [9.17, 15) is 13.2 Å². The topological polar surface area (TPSA) is 97.0 Å². The van der Waals surface area contributed by atoms with Gasteiger partial charge < -0.3 is 19.7 Å². The van der Waals surface area contributed by atoms with E-state index in [4.69, 9.17) is 9.47 Å². The lowest BCUT2D eigenvalue weighted by Crippen LogP contribution is -2.40. The molecule has 1 aromatic carbocycles. The Morgan fingerprint density at radius 1 is 1.31 bits per heavy atom. The number of hydrogen-bond donors (Lipinski definition) is 2. The number of nitrogens with one attached hydrogen (secondary N) is 2. The molecule has 0 aliphatic carbocycles. The molecule has 2 N–H and O–H groups in total. The summed E-state index contributed by atoms with van der Waals surface area (Å²) in [6.45, 7) is 2.77. The number of sulfonamides is 1. The Labute approximate surface area is 153 Å². The lowest BCUT2D eigenvalue weighted by molar-refractivity contribution is -0.131. The monoisotopic (exact) mass is 383 g/mol. The van der Waals surface area contributed by atoms with Crippen LogP contribution in [0.5, 0.6) is 11.5 Å². The van der Waals surface area contributed by atoms with Gasteiger partial charge in [0.2, 0.25) is 15.9 Å². The fourth-order valence-electron chi connectivity index (χ4n) is 3.04. The summed E-state index contributed by atoms with van der Waals surface area (Å²) in [4.78, 5) is 14.0. The van der Waals surface area contributed by atoms with Crippen molar-refractivity contribution in [3.8, 4) is 11.5 Å². The van der Waals surface area contributed by atoms with Crippen molar-refractivity contribution in [3.63, 3.8) is 0 Å². The summed E-state index contributed by atoms with van der Waals surface area (Å²) in [5.41, 5.74) is 0. The summed E-state index contributed by atoms with van der Waals surface area (Å²) in [5, 5.41) is 3.21. The fraction of sp³-hybridized carbons (Fsp3) is 0.588. The smallest absolute Gasteiger partial charge is 0.240 e. The zero-order valence-electron chi connectivity index (χ0n) is 14.9. The van der Waals surface area contributed by atoms with E-state index in [-0.39, 0.29) is 29.8 Å². The van der Waals surface area contributed by atoms with Crippen molar-refractivity contribution in [1.82, 2.24) is 14.9 Å². The van der Waals surface area contributed by atoms with Gasteiger partial charge in [0, 0.05) is 45.1 Å². The molecule has 3 rings (SSSR count). The molecule has 9 heteroatoms. The number of fused-ring (bicyclic) bond motifs is 1. The largest absolute Gasteiger partial charge is 0.490 e. The summed E-state index contributed by atoms with van der Waals surface area (Å²) in [6.07, 6.45) is 1.79. The van der Waals surface area contributed by atoms with Crippen molar-refractivity contribution in [2.45, 2.75) is 30.2 Å². The minimum atomic E-state index is -3.71. The highest BCUT2D eigenvalue weighted by atomic mass is 32.2. The van der Waals surface area contributed by atoms with Gasteiger partial charge in [0.15, 0.2) is 11.5 Å². The average molecular weight is 383 g/mol. The predicted molar refractivity (Wildman–Crippen MR) is 95.9 cm³/mol. The third-order valence-corrected chi connectivity index (χ3v) is 6.09. The predicted octanol–water partition coefficient (Wildman–Crippen LogP) is 0.337. The number of nitrogens with zero attached hydrogens (tertiary/aromatic N) is 1. The van der Waals surface area contributed by atoms with Crippen LogP contribution in [-0.4, -0.2) is 65.2 Å². The van der Waals surface area contributed by atoms with Gasteiger partial charge in [0.05, 0.1) is 18.1 Å². The Kier molecular flexibility index (Phi) is 6.00. The highest BCUT2D eigenvalue weighted by molar-refractivity contribution is 7.89. The molecule has 26 heavy (non-hydrogen) atoms. The molecule has 1 unspecified atom stereocenters. The molecule has 1 fully saturated rings. The van der Waals surface area contributed by atoms with Gasteiger partial charge in [0.1, 0.15) is 0 Å². The molecule has 1 atom stereocenters. The second kappa shape index (κ2) is 8.24. The van der Waals surface area contributed by atoms with E-state index < -0.39 is 10.0 Å². The summed E-state index contributed by atoms with van der Waals surface area (Å²) in [5.74, 6) is 0.901. The van der Waals surface area contributed by atoms with Crippen molar-refractivity contribution in [1.29, 1.82) is 0 Å². The van der Waals surface area contributed by atoms with Crippen LogP contribution >= 0.6 is 0 Å². The molecule has 0 radical (unpaired) electrons. The molecule has 2 aliphatic heterocycles. The van der Waals surface area contributed by atoms with Crippen molar-refractivity contribution in [3.05, 3.63) is 18.2 Å². The first-order chi connectivity index (χ1) is 12.5. The minimum absolute atomic E-state index is 0.0557. The van der Waals surface area contributed by atoms with Gasteiger partial charge in [-0.15, -0.1) is 0 Å². The van der Waals surface area contributed by atoms with Crippen molar-refractivity contribution >= 4 is 15.9 Å². The third kappa shape index (κ3) is 4.46. The van der Waals surface area contributed by atoms with E-state index in [1.54, 1.807) is 18.0 Å². The van der Waals surface area contributed by atoms with E-state index in [0.29, 0.717) is 24.7 Å². The van der Waals surface area contributed by atoms with Gasteiger partial charge >= 0.3 is 0 Å². The molecular formula is C17H25N3O5S. The maximum atomic E-state index is 12.5. The Morgan fingerprint density at radius 2 is 2.08 bits per heavy atom. The standard InChI is InChI=1S/C17H25N3O5S/c1-20(13-5-7-18-12-13)17(21)6-8-19-26(22,23)14-3-4-15-16(11-14)25-10-2-9-24-15/h3-4,11,13,18-19H,2,5-10,12H2,1H3. The van der Waals surface area contributed by atoms with E-state index in [0.717, 1.165) is 25.9 Å². The van der Waals surface area contributed by atoms with Gasteiger partial charge in [-0.25, -0.2) is 13.1 Å². The molecule has 0 bridgehead atoms. The molecule has 0 saturated carbocycles. The van der Waals surface area contributed by atoms with Crippen molar-refractivity contribution in [2.75, 3.05) is 39.9 Å². The first kappa shape index (κ1) is 18.9. The molecule has 1 saturated heterocycles. The Hall–Kier alpha value is -1.84. The number of amides is 1. The second-order valence-corrected chi connectivity index (χ2v) is 8.23. The number of benzene rings is 1. The number of carbonyl (C=O) groups excluding carboxylic acids is 1. The highest BCUT2D eigenvalue weighted by Gasteiger charge is 2.24. The molecular weight excluding hydrogens is 358 g/mol. The first-order valence-electron chi connectivity index (χ1n) is 8.83. The third-order valence-electron chi connectivity index (χ3n) is 4.64. The lowest BCUT2D eigenvalue weighted by atomic mass is 10.2. The Bertz CT molecular complexity index is 747. The molecule has 1 amide bonds.